The lowest BCUT2D eigenvalue weighted by molar-refractivity contribution is -0.124. The molecule has 3 rings (SSSR count). The van der Waals surface area contributed by atoms with E-state index < -0.39 is 16.1 Å². The number of carbonyl (C=O) groups is 1. The standard InChI is InChI=1S/C18H28N6O3S/c1-4-10-23-16-8-7-14(13-15(16)20-21-23)28(26,27)24-11-5-6-17(24)18(25)19-9-12-22(2)3/h7-8,13,17H,4-6,9-12H2,1-3H3,(H,19,25)/t17-/m1/s1. The zero-order valence-corrected chi connectivity index (χ0v) is 17.4. The summed E-state index contributed by atoms with van der Waals surface area (Å²) in [6.45, 7) is 4.31. The van der Waals surface area contributed by atoms with E-state index >= 15 is 0 Å². The number of nitrogens with zero attached hydrogens (tertiary/aromatic N) is 5. The Bertz CT molecular complexity index is 940. The van der Waals surface area contributed by atoms with Crippen LogP contribution in [0.4, 0.5) is 0 Å². The Hall–Kier alpha value is -2.04. The van der Waals surface area contributed by atoms with Gasteiger partial charge in [-0.25, -0.2) is 13.1 Å². The summed E-state index contributed by atoms with van der Waals surface area (Å²) >= 11 is 0. The molecular formula is C18H28N6O3S. The minimum absolute atomic E-state index is 0.150. The van der Waals surface area contributed by atoms with E-state index in [2.05, 4.69) is 15.6 Å². The maximum atomic E-state index is 13.2. The van der Waals surface area contributed by atoms with Gasteiger partial charge in [-0.2, -0.15) is 4.31 Å². The Morgan fingerprint density at radius 2 is 2.14 bits per heavy atom. The quantitative estimate of drug-likeness (QED) is 0.689. The Labute approximate surface area is 165 Å². The van der Waals surface area contributed by atoms with Crippen LogP contribution in [0.15, 0.2) is 23.1 Å². The van der Waals surface area contributed by atoms with E-state index in [1.165, 1.54) is 4.31 Å². The number of amides is 1. The first-order valence-electron chi connectivity index (χ1n) is 9.62. The number of sulfonamides is 1. The van der Waals surface area contributed by atoms with Gasteiger partial charge in [-0.15, -0.1) is 5.10 Å². The van der Waals surface area contributed by atoms with Crippen LogP contribution in [0.5, 0.6) is 0 Å². The van der Waals surface area contributed by atoms with Crippen molar-refractivity contribution in [3.8, 4) is 0 Å². The van der Waals surface area contributed by atoms with E-state index in [-0.39, 0.29) is 10.8 Å². The number of rotatable bonds is 8. The van der Waals surface area contributed by atoms with E-state index in [0.717, 1.165) is 18.5 Å². The van der Waals surface area contributed by atoms with Crippen LogP contribution in [0.25, 0.3) is 11.0 Å². The predicted molar refractivity (Wildman–Crippen MR) is 106 cm³/mol. The van der Waals surface area contributed by atoms with E-state index in [1.807, 2.05) is 25.9 Å². The summed E-state index contributed by atoms with van der Waals surface area (Å²) in [7, 11) is 0.0602. The fourth-order valence-corrected chi connectivity index (χ4v) is 5.11. The number of hydrogen-bond acceptors (Lipinski definition) is 6. The SMILES string of the molecule is CCCn1nnc2cc(S(=O)(=O)N3CCC[C@@H]3C(=O)NCCN(C)C)ccc21. The molecule has 1 amide bonds. The normalized spacial score (nSPS) is 18.2. The molecule has 1 fully saturated rings. The highest BCUT2D eigenvalue weighted by atomic mass is 32.2. The number of aryl methyl sites for hydroxylation is 1. The molecule has 0 saturated carbocycles. The van der Waals surface area contributed by atoms with Gasteiger partial charge in [0.05, 0.1) is 10.4 Å². The van der Waals surface area contributed by atoms with Crippen molar-refractivity contribution in [2.24, 2.45) is 0 Å². The number of hydrogen-bond donors (Lipinski definition) is 1. The van der Waals surface area contributed by atoms with E-state index in [9.17, 15) is 13.2 Å². The molecule has 0 bridgehead atoms. The van der Waals surface area contributed by atoms with E-state index in [4.69, 9.17) is 0 Å². The smallest absolute Gasteiger partial charge is 0.243 e. The summed E-state index contributed by atoms with van der Waals surface area (Å²) in [5.74, 6) is -0.238. The van der Waals surface area contributed by atoms with Crippen LogP contribution in [0.1, 0.15) is 26.2 Å². The predicted octanol–water partition coefficient (Wildman–Crippen LogP) is 0.672. The van der Waals surface area contributed by atoms with Crippen LogP contribution >= 0.6 is 0 Å². The molecule has 1 N–H and O–H groups in total. The highest BCUT2D eigenvalue weighted by Crippen LogP contribution is 2.27. The van der Waals surface area contributed by atoms with Crippen LogP contribution in [0.2, 0.25) is 0 Å². The summed E-state index contributed by atoms with van der Waals surface area (Å²) < 4.78 is 29.5. The topological polar surface area (TPSA) is 100 Å². The summed E-state index contributed by atoms with van der Waals surface area (Å²) in [4.78, 5) is 14.7. The van der Waals surface area contributed by atoms with Gasteiger partial charge in [-0.3, -0.25) is 4.79 Å². The summed E-state index contributed by atoms with van der Waals surface area (Å²) in [5, 5.41) is 11.0. The summed E-state index contributed by atoms with van der Waals surface area (Å²) in [6, 6.07) is 4.19. The zero-order valence-electron chi connectivity index (χ0n) is 16.6. The third-order valence-corrected chi connectivity index (χ3v) is 6.80. The zero-order chi connectivity index (χ0) is 20.3. The molecular weight excluding hydrogens is 380 g/mol. The first kappa shape index (κ1) is 20.7. The molecule has 0 unspecified atom stereocenters. The van der Waals surface area contributed by atoms with Gasteiger partial charge in [0.25, 0.3) is 0 Å². The van der Waals surface area contributed by atoms with Crippen molar-refractivity contribution >= 4 is 27.0 Å². The van der Waals surface area contributed by atoms with Crippen molar-refractivity contribution in [1.29, 1.82) is 0 Å². The Morgan fingerprint density at radius 3 is 2.86 bits per heavy atom. The van der Waals surface area contributed by atoms with Gasteiger partial charge in [0, 0.05) is 26.2 Å². The molecule has 1 saturated heterocycles. The second-order valence-corrected chi connectivity index (χ2v) is 9.22. The van der Waals surface area contributed by atoms with Gasteiger partial charge in [0.2, 0.25) is 15.9 Å². The van der Waals surface area contributed by atoms with Gasteiger partial charge in [-0.1, -0.05) is 12.1 Å². The van der Waals surface area contributed by atoms with E-state index in [0.29, 0.717) is 38.0 Å². The highest BCUT2D eigenvalue weighted by Gasteiger charge is 2.39. The molecule has 1 aliphatic rings. The molecule has 2 aromatic rings. The number of nitrogens with one attached hydrogen (secondary N) is 1. The Morgan fingerprint density at radius 1 is 1.36 bits per heavy atom. The number of carbonyl (C=O) groups excluding carboxylic acids is 1. The molecule has 1 aromatic heterocycles. The van der Waals surface area contributed by atoms with Crippen molar-refractivity contribution in [1.82, 2.24) is 29.5 Å². The number of aromatic nitrogens is 3. The van der Waals surface area contributed by atoms with Crippen molar-refractivity contribution in [3.05, 3.63) is 18.2 Å². The van der Waals surface area contributed by atoms with Crippen LogP contribution in [0.3, 0.4) is 0 Å². The largest absolute Gasteiger partial charge is 0.353 e. The molecule has 1 aromatic carbocycles. The molecule has 10 heteroatoms. The molecule has 154 valence electrons. The van der Waals surface area contributed by atoms with Gasteiger partial charge >= 0.3 is 0 Å². The third kappa shape index (κ3) is 4.18. The number of fused-ring (bicyclic) bond motifs is 1. The molecule has 28 heavy (non-hydrogen) atoms. The van der Waals surface area contributed by atoms with Crippen molar-refractivity contribution in [2.75, 3.05) is 33.7 Å². The summed E-state index contributed by atoms with van der Waals surface area (Å²) in [6.07, 6.45) is 2.11. The average molecular weight is 409 g/mol. The summed E-state index contributed by atoms with van der Waals surface area (Å²) in [5.41, 5.74) is 1.35. The van der Waals surface area contributed by atoms with Crippen LogP contribution in [-0.4, -0.2) is 78.3 Å². The van der Waals surface area contributed by atoms with Gasteiger partial charge in [0.15, 0.2) is 0 Å². The highest BCUT2D eigenvalue weighted by molar-refractivity contribution is 7.89. The maximum absolute atomic E-state index is 13.2. The fourth-order valence-electron chi connectivity index (χ4n) is 3.44. The van der Waals surface area contributed by atoms with Gasteiger partial charge in [0.1, 0.15) is 11.6 Å². The first-order valence-corrected chi connectivity index (χ1v) is 11.1. The lowest BCUT2D eigenvalue weighted by atomic mass is 10.2. The lowest BCUT2D eigenvalue weighted by Gasteiger charge is -2.23. The van der Waals surface area contributed by atoms with Gasteiger partial charge < -0.3 is 10.2 Å². The van der Waals surface area contributed by atoms with E-state index in [1.54, 1.807) is 22.9 Å². The average Bonchev–Trinajstić information content (AvgIpc) is 3.29. The Kier molecular flexibility index (Phi) is 6.31. The molecule has 0 spiro atoms. The number of benzene rings is 1. The van der Waals surface area contributed by atoms with Crippen molar-refractivity contribution in [2.45, 2.75) is 43.7 Å². The molecule has 1 aliphatic heterocycles. The monoisotopic (exact) mass is 408 g/mol. The van der Waals surface area contributed by atoms with Crippen LogP contribution < -0.4 is 5.32 Å². The second kappa shape index (κ2) is 8.54. The minimum Gasteiger partial charge on any atom is -0.353 e. The number of likely N-dealkylation sites (N-methyl/N-ethyl adjacent to an activating group) is 1. The van der Waals surface area contributed by atoms with Crippen LogP contribution in [0, 0.1) is 0 Å². The Balaban J connectivity index is 1.81. The van der Waals surface area contributed by atoms with Gasteiger partial charge in [-0.05, 0) is 51.6 Å². The first-order chi connectivity index (χ1) is 13.3. The lowest BCUT2D eigenvalue weighted by Crippen LogP contribution is -2.47. The molecule has 1 atom stereocenters. The fraction of sp³-hybridized carbons (Fsp3) is 0.611. The molecule has 0 aliphatic carbocycles. The maximum Gasteiger partial charge on any atom is 0.243 e. The van der Waals surface area contributed by atoms with Crippen LogP contribution in [-0.2, 0) is 21.4 Å². The van der Waals surface area contributed by atoms with Crippen molar-refractivity contribution in [3.63, 3.8) is 0 Å². The molecule has 2 heterocycles. The second-order valence-electron chi connectivity index (χ2n) is 7.33. The molecule has 9 nitrogen and oxygen atoms in total. The third-order valence-electron chi connectivity index (χ3n) is 4.89. The van der Waals surface area contributed by atoms with Crippen molar-refractivity contribution < 1.29 is 13.2 Å². The molecule has 0 radical (unpaired) electrons. The minimum atomic E-state index is -3.78.